The smallest absolute Gasteiger partial charge is 0.303 e. The van der Waals surface area contributed by atoms with Gasteiger partial charge in [0.25, 0.3) is 0 Å². The van der Waals surface area contributed by atoms with Crippen LogP contribution < -0.4 is 15.5 Å². The van der Waals surface area contributed by atoms with E-state index < -0.39 is 5.97 Å². The molecule has 0 radical (unpaired) electrons. The van der Waals surface area contributed by atoms with Crippen molar-refractivity contribution >= 4 is 69.5 Å². The quantitative estimate of drug-likeness (QED) is 0.112. The van der Waals surface area contributed by atoms with Crippen LogP contribution >= 0.6 is 47.0 Å². The van der Waals surface area contributed by atoms with E-state index in [1.807, 2.05) is 0 Å². The number of carbonyl (C=O) groups is 1. The number of halogens is 3. The number of ether oxygens (including phenoxy) is 1. The summed E-state index contributed by atoms with van der Waals surface area (Å²) in [7, 11) is 1.69. The van der Waals surface area contributed by atoms with E-state index >= 15 is 0 Å². The second-order valence-electron chi connectivity index (χ2n) is 7.55. The predicted molar refractivity (Wildman–Crippen MR) is 146 cm³/mol. The molecule has 9 nitrogen and oxygen atoms in total. The zero-order valence-corrected chi connectivity index (χ0v) is 22.3. The highest BCUT2D eigenvalue weighted by Crippen LogP contribution is 2.35. The largest absolute Gasteiger partial charge is 0.504 e. The van der Waals surface area contributed by atoms with Gasteiger partial charge in [0.2, 0.25) is 0 Å². The summed E-state index contributed by atoms with van der Waals surface area (Å²) in [5.41, 5.74) is 4.94. The molecule has 3 aromatic rings. The van der Waals surface area contributed by atoms with Crippen LogP contribution in [0.1, 0.15) is 25.5 Å². The van der Waals surface area contributed by atoms with Crippen LogP contribution in [0.4, 0.5) is 5.69 Å². The Balaban J connectivity index is 1.71. The van der Waals surface area contributed by atoms with E-state index in [0.717, 1.165) is 0 Å². The van der Waals surface area contributed by atoms with Crippen molar-refractivity contribution < 1.29 is 19.7 Å². The third kappa shape index (κ3) is 7.01. The molecule has 0 aliphatic heterocycles. The second-order valence-corrected chi connectivity index (χ2v) is 9.21. The van der Waals surface area contributed by atoms with Crippen LogP contribution in [-0.2, 0) is 11.8 Å². The van der Waals surface area contributed by atoms with E-state index in [0.29, 0.717) is 49.9 Å². The second kappa shape index (κ2) is 12.3. The number of carboxylic acid groups (broad SMARTS) is 1. The molecule has 0 aliphatic rings. The lowest BCUT2D eigenvalue weighted by Crippen LogP contribution is -2.25. The minimum Gasteiger partial charge on any atom is -0.504 e. The van der Waals surface area contributed by atoms with Gasteiger partial charge in [0, 0.05) is 30.1 Å². The first kappa shape index (κ1) is 27.5. The molecule has 0 unspecified atom stereocenters. The maximum Gasteiger partial charge on any atom is 0.303 e. The number of hydrazone groups is 1. The number of aromatic nitrogens is 2. The Hall–Kier alpha value is -3.05. The zero-order chi connectivity index (χ0) is 26.4. The molecule has 13 heteroatoms. The summed E-state index contributed by atoms with van der Waals surface area (Å²) >= 11 is 23.5. The molecule has 0 atom stereocenters. The van der Waals surface area contributed by atoms with Gasteiger partial charge in [-0.15, -0.1) is 0 Å². The summed E-state index contributed by atoms with van der Waals surface area (Å²) in [5, 5.41) is 32.5. The zero-order valence-electron chi connectivity index (χ0n) is 19.2. The van der Waals surface area contributed by atoms with Gasteiger partial charge in [-0.3, -0.25) is 14.9 Å². The van der Waals surface area contributed by atoms with Crippen molar-refractivity contribution in [3.05, 3.63) is 57.2 Å². The summed E-state index contributed by atoms with van der Waals surface area (Å²) < 4.78 is 7.17. The molecule has 0 aliphatic carbocycles. The first-order valence-corrected chi connectivity index (χ1v) is 12.1. The van der Waals surface area contributed by atoms with Gasteiger partial charge in [0.15, 0.2) is 16.6 Å². The number of rotatable bonds is 9. The summed E-state index contributed by atoms with van der Waals surface area (Å²) in [6, 6.07) is 9.93. The van der Waals surface area contributed by atoms with Gasteiger partial charge in [-0.25, -0.2) is 0 Å². The van der Waals surface area contributed by atoms with Crippen LogP contribution in [0.2, 0.25) is 15.1 Å². The average molecular weight is 571 g/mol. The van der Waals surface area contributed by atoms with Crippen molar-refractivity contribution in [1.29, 1.82) is 0 Å². The summed E-state index contributed by atoms with van der Waals surface area (Å²) in [6.45, 7) is 1.86. The third-order valence-electron chi connectivity index (χ3n) is 4.87. The number of carboxylic acids is 1. The van der Waals surface area contributed by atoms with Crippen molar-refractivity contribution in [3.63, 3.8) is 0 Å². The molecule has 3 rings (SSSR count). The molecule has 0 spiro atoms. The molecule has 190 valence electrons. The molecule has 0 saturated heterocycles. The number of thiocarbonyl (C=S) groups is 1. The summed E-state index contributed by atoms with van der Waals surface area (Å²) in [5.74, 6) is -0.566. The van der Waals surface area contributed by atoms with Gasteiger partial charge >= 0.3 is 5.97 Å². The molecule has 0 fully saturated rings. The molecule has 0 saturated carbocycles. The predicted octanol–water partition coefficient (Wildman–Crippen LogP) is 5.71. The number of aromatic hydroxyl groups is 1. The number of hydrogen-bond acceptors (Lipinski definition) is 6. The fourth-order valence-electron chi connectivity index (χ4n) is 3.19. The van der Waals surface area contributed by atoms with Crippen LogP contribution in [0.3, 0.4) is 0 Å². The van der Waals surface area contributed by atoms with Gasteiger partial charge in [-0.05, 0) is 49.8 Å². The van der Waals surface area contributed by atoms with Crippen molar-refractivity contribution in [2.45, 2.75) is 19.8 Å². The first-order chi connectivity index (χ1) is 17.1. The molecule has 4 N–H and O–H groups in total. The van der Waals surface area contributed by atoms with Crippen LogP contribution in [0.25, 0.3) is 11.3 Å². The van der Waals surface area contributed by atoms with Gasteiger partial charge in [-0.2, -0.15) is 10.2 Å². The maximum atomic E-state index is 10.8. The lowest BCUT2D eigenvalue weighted by atomic mass is 10.1. The standard InChI is InChI=1S/C23H22Cl3N5O4S/c1-12(20-22(34)21(31(2)30-20)13-5-7-15(25)16(26)10-13)28-29-23(36)27-17-8-6-14(24)11-18(17)35-9-3-4-19(32)33/h5-8,10-11,34H,3-4,9H2,1-2H3,(H,32,33)(H2,27,29,36)/b28-12+. The SMILES string of the molecule is C/C(=N\NC(=S)Nc1ccc(Cl)cc1OCCCC(=O)O)c1nn(C)c(-c2ccc(Cl)c(Cl)c2)c1O. The third-order valence-corrected chi connectivity index (χ3v) is 6.03. The van der Waals surface area contributed by atoms with E-state index in [9.17, 15) is 9.90 Å². The number of nitrogens with zero attached hydrogens (tertiary/aromatic N) is 3. The van der Waals surface area contributed by atoms with Crippen molar-refractivity contribution in [1.82, 2.24) is 15.2 Å². The fraction of sp³-hybridized carbons (Fsp3) is 0.217. The number of anilines is 1. The number of aliphatic carboxylic acids is 1. The molecule has 36 heavy (non-hydrogen) atoms. The average Bonchev–Trinajstić information content (AvgIpc) is 3.12. The topological polar surface area (TPSA) is 121 Å². The Morgan fingerprint density at radius 1 is 1.19 bits per heavy atom. The van der Waals surface area contributed by atoms with Gasteiger partial charge in [0.05, 0.1) is 28.1 Å². The van der Waals surface area contributed by atoms with E-state index in [1.165, 1.54) is 4.68 Å². The van der Waals surface area contributed by atoms with Gasteiger partial charge in [-0.1, -0.05) is 40.9 Å². The van der Waals surface area contributed by atoms with Crippen LogP contribution in [-0.4, -0.2) is 43.4 Å². The number of aryl methyl sites for hydroxylation is 1. The monoisotopic (exact) mass is 569 g/mol. The summed E-state index contributed by atoms with van der Waals surface area (Å²) in [6.07, 6.45) is 0.329. The number of nitrogens with one attached hydrogen (secondary N) is 2. The molecular formula is C23H22Cl3N5O4S. The highest BCUT2D eigenvalue weighted by atomic mass is 35.5. The first-order valence-electron chi connectivity index (χ1n) is 10.5. The molecule has 1 aromatic heterocycles. The van der Waals surface area contributed by atoms with Gasteiger partial charge < -0.3 is 20.3 Å². The lowest BCUT2D eigenvalue weighted by Gasteiger charge is -2.14. The minimum absolute atomic E-state index is 0.00950. The normalized spacial score (nSPS) is 11.3. The van der Waals surface area contributed by atoms with E-state index in [4.69, 9.17) is 56.9 Å². The number of hydrogen-bond donors (Lipinski definition) is 4. The van der Waals surface area contributed by atoms with E-state index in [-0.39, 0.29) is 29.6 Å². The summed E-state index contributed by atoms with van der Waals surface area (Å²) in [4.78, 5) is 10.7. The Morgan fingerprint density at radius 2 is 1.94 bits per heavy atom. The Bertz CT molecular complexity index is 1330. The van der Waals surface area contributed by atoms with E-state index in [2.05, 4.69) is 20.9 Å². The van der Waals surface area contributed by atoms with Crippen LogP contribution in [0.15, 0.2) is 41.5 Å². The molecule has 1 heterocycles. The van der Waals surface area contributed by atoms with Crippen molar-refractivity contribution in [2.24, 2.45) is 12.1 Å². The highest BCUT2D eigenvalue weighted by Gasteiger charge is 2.20. The molecule has 0 amide bonds. The lowest BCUT2D eigenvalue weighted by molar-refractivity contribution is -0.137. The molecular weight excluding hydrogens is 549 g/mol. The Labute approximate surface area is 227 Å². The minimum atomic E-state index is -0.898. The molecule has 0 bridgehead atoms. The Morgan fingerprint density at radius 3 is 2.64 bits per heavy atom. The van der Waals surface area contributed by atoms with Crippen molar-refractivity contribution in [3.8, 4) is 22.8 Å². The van der Waals surface area contributed by atoms with Gasteiger partial charge in [0.1, 0.15) is 11.4 Å². The Kier molecular flexibility index (Phi) is 9.38. The van der Waals surface area contributed by atoms with E-state index in [1.54, 1.807) is 50.4 Å². The van der Waals surface area contributed by atoms with Crippen LogP contribution in [0, 0.1) is 0 Å². The highest BCUT2D eigenvalue weighted by molar-refractivity contribution is 7.80. The molecule has 2 aromatic carbocycles. The number of benzene rings is 2. The van der Waals surface area contributed by atoms with Crippen LogP contribution in [0.5, 0.6) is 11.5 Å². The fourth-order valence-corrected chi connectivity index (χ4v) is 3.80. The maximum absolute atomic E-state index is 10.8. The van der Waals surface area contributed by atoms with Crippen molar-refractivity contribution in [2.75, 3.05) is 11.9 Å².